The van der Waals surface area contributed by atoms with E-state index in [2.05, 4.69) is 22.6 Å². The third-order valence-electron chi connectivity index (χ3n) is 5.80. The lowest BCUT2D eigenvalue weighted by molar-refractivity contribution is 0.0804. The molecular formula is C23H27N3O3. The van der Waals surface area contributed by atoms with E-state index >= 15 is 0 Å². The number of carbonyl (C=O) groups is 1. The van der Waals surface area contributed by atoms with Crippen LogP contribution < -0.4 is 9.47 Å². The molecule has 0 aliphatic carbocycles. The van der Waals surface area contributed by atoms with Crippen LogP contribution in [0.3, 0.4) is 0 Å². The zero-order valence-corrected chi connectivity index (χ0v) is 17.2. The molecule has 6 nitrogen and oxygen atoms in total. The number of fused-ring (bicyclic) bond motifs is 1. The number of hydrogen-bond donors (Lipinski definition) is 0. The van der Waals surface area contributed by atoms with Crippen LogP contribution in [-0.4, -0.2) is 47.5 Å². The molecule has 29 heavy (non-hydrogen) atoms. The summed E-state index contributed by atoms with van der Waals surface area (Å²) in [5.74, 6) is 2.38. The van der Waals surface area contributed by atoms with E-state index in [1.165, 1.54) is 0 Å². The van der Waals surface area contributed by atoms with Gasteiger partial charge >= 0.3 is 0 Å². The molecule has 0 unspecified atom stereocenters. The van der Waals surface area contributed by atoms with Gasteiger partial charge in [-0.05, 0) is 43.7 Å². The molecular weight excluding hydrogens is 366 g/mol. The van der Waals surface area contributed by atoms with E-state index in [1.54, 1.807) is 20.3 Å². The first-order valence-electron chi connectivity index (χ1n) is 9.99. The van der Waals surface area contributed by atoms with E-state index in [1.807, 2.05) is 30.3 Å². The lowest BCUT2D eigenvalue weighted by Gasteiger charge is -2.31. The highest BCUT2D eigenvalue weighted by molar-refractivity contribution is 6.00. The lowest BCUT2D eigenvalue weighted by atomic mass is 9.89. The molecule has 4 rings (SSSR count). The maximum Gasteiger partial charge on any atom is 0.170 e. The van der Waals surface area contributed by atoms with E-state index in [0.29, 0.717) is 17.1 Å². The highest BCUT2D eigenvalue weighted by Gasteiger charge is 2.29. The van der Waals surface area contributed by atoms with Crippen molar-refractivity contribution < 1.29 is 14.3 Å². The molecule has 0 radical (unpaired) electrons. The van der Waals surface area contributed by atoms with E-state index in [0.717, 1.165) is 49.3 Å². The first-order valence-corrected chi connectivity index (χ1v) is 9.99. The lowest BCUT2D eigenvalue weighted by Crippen LogP contribution is -2.38. The van der Waals surface area contributed by atoms with Gasteiger partial charge in [-0.1, -0.05) is 12.1 Å². The van der Waals surface area contributed by atoms with Crippen molar-refractivity contribution in [3.63, 3.8) is 0 Å². The van der Waals surface area contributed by atoms with Gasteiger partial charge in [0.15, 0.2) is 5.78 Å². The van der Waals surface area contributed by atoms with Gasteiger partial charge in [0, 0.05) is 25.6 Å². The number of imidazole rings is 1. The number of methoxy groups -OCH3 is 2. The summed E-state index contributed by atoms with van der Waals surface area (Å²) >= 11 is 0. The number of Topliss-reactive ketones (excluding diaryl/α,β-unsaturated/α-hetero) is 1. The van der Waals surface area contributed by atoms with E-state index in [4.69, 9.17) is 14.5 Å². The van der Waals surface area contributed by atoms with Crippen LogP contribution in [0.2, 0.25) is 0 Å². The van der Waals surface area contributed by atoms with Gasteiger partial charge in [0.25, 0.3) is 0 Å². The second kappa shape index (κ2) is 8.25. The van der Waals surface area contributed by atoms with Crippen molar-refractivity contribution in [3.8, 4) is 11.5 Å². The van der Waals surface area contributed by atoms with Gasteiger partial charge in [-0.15, -0.1) is 0 Å². The molecule has 1 atom stereocenters. The summed E-state index contributed by atoms with van der Waals surface area (Å²) < 4.78 is 12.8. The fourth-order valence-electron chi connectivity index (χ4n) is 4.17. The fraction of sp³-hybridized carbons (Fsp3) is 0.391. The largest absolute Gasteiger partial charge is 0.497 e. The van der Waals surface area contributed by atoms with E-state index < -0.39 is 0 Å². The van der Waals surface area contributed by atoms with Gasteiger partial charge in [-0.25, -0.2) is 4.98 Å². The Morgan fingerprint density at radius 3 is 2.76 bits per heavy atom. The third-order valence-corrected chi connectivity index (χ3v) is 5.80. The Morgan fingerprint density at radius 1 is 1.17 bits per heavy atom. The van der Waals surface area contributed by atoms with Crippen molar-refractivity contribution in [3.05, 3.63) is 53.9 Å². The molecule has 1 aliphatic rings. The maximum absolute atomic E-state index is 13.2. The number of nitrogens with zero attached hydrogens (tertiary/aromatic N) is 3. The minimum absolute atomic E-state index is 0.0410. The van der Waals surface area contributed by atoms with Crippen LogP contribution in [0.15, 0.2) is 42.5 Å². The second-order valence-electron chi connectivity index (χ2n) is 7.58. The summed E-state index contributed by atoms with van der Waals surface area (Å²) in [4.78, 5) is 20.3. The summed E-state index contributed by atoms with van der Waals surface area (Å²) in [5, 5.41) is 0. The number of rotatable bonds is 6. The van der Waals surface area contributed by atoms with Gasteiger partial charge < -0.3 is 14.0 Å². The fourth-order valence-corrected chi connectivity index (χ4v) is 4.17. The van der Waals surface area contributed by atoms with Crippen LogP contribution in [0.4, 0.5) is 0 Å². The molecule has 3 aromatic rings. The van der Waals surface area contributed by atoms with Crippen LogP contribution >= 0.6 is 0 Å². The highest BCUT2D eigenvalue weighted by atomic mass is 16.5. The van der Waals surface area contributed by atoms with Gasteiger partial charge in [0.2, 0.25) is 0 Å². The Balaban J connectivity index is 1.51. The maximum atomic E-state index is 13.2. The summed E-state index contributed by atoms with van der Waals surface area (Å²) in [7, 11) is 5.25. The molecule has 1 fully saturated rings. The van der Waals surface area contributed by atoms with Crippen LogP contribution in [0.25, 0.3) is 11.0 Å². The molecule has 2 heterocycles. The number of aromatic nitrogens is 2. The number of carbonyl (C=O) groups excluding carboxylic acids is 1. The first kappa shape index (κ1) is 19.5. The molecule has 1 aromatic heterocycles. The molecule has 0 bridgehead atoms. The molecule has 0 N–H and O–H groups in total. The number of aryl methyl sites for hydroxylation is 1. The number of hydrogen-bond acceptors (Lipinski definition) is 5. The molecule has 6 heteroatoms. The number of likely N-dealkylation sites (tertiary alicyclic amines) is 1. The average molecular weight is 393 g/mol. The number of para-hydroxylation sites is 2. The number of piperidine rings is 1. The monoisotopic (exact) mass is 393 g/mol. The van der Waals surface area contributed by atoms with Crippen molar-refractivity contribution in [2.24, 2.45) is 13.0 Å². The highest BCUT2D eigenvalue weighted by Crippen LogP contribution is 2.30. The Kier molecular flexibility index (Phi) is 5.53. The minimum atomic E-state index is -0.0410. The van der Waals surface area contributed by atoms with E-state index in [9.17, 15) is 4.79 Å². The molecule has 152 valence electrons. The standard InChI is InChI=1S/C23H27N3O3/c1-25-20-9-5-4-8-19(20)24-22(25)15-26-12-6-7-16(14-26)23(27)18-11-10-17(28-2)13-21(18)29-3/h4-5,8-11,13,16H,6-7,12,14-15H2,1-3H3/t16-/m1/s1. The topological polar surface area (TPSA) is 56.6 Å². The SMILES string of the molecule is COc1ccc(C(=O)[C@@H]2CCCN(Cc3nc4ccccc4n3C)C2)c(OC)c1. The second-order valence-corrected chi connectivity index (χ2v) is 7.58. The normalized spacial score (nSPS) is 17.4. The Hall–Kier alpha value is -2.86. The van der Waals surface area contributed by atoms with E-state index in [-0.39, 0.29) is 11.7 Å². The summed E-state index contributed by atoms with van der Waals surface area (Å²) in [6, 6.07) is 13.6. The van der Waals surface area contributed by atoms with Crippen LogP contribution in [0, 0.1) is 5.92 Å². The Morgan fingerprint density at radius 2 is 2.00 bits per heavy atom. The van der Waals surface area contributed by atoms with Crippen LogP contribution in [0.5, 0.6) is 11.5 Å². The molecule has 1 aliphatic heterocycles. The Labute approximate surface area is 171 Å². The molecule has 0 amide bonds. The van der Waals surface area contributed by atoms with Crippen molar-refractivity contribution in [1.82, 2.24) is 14.5 Å². The van der Waals surface area contributed by atoms with Gasteiger partial charge in [0.05, 0.1) is 37.4 Å². The average Bonchev–Trinajstić information content (AvgIpc) is 3.08. The van der Waals surface area contributed by atoms with Crippen molar-refractivity contribution >= 4 is 16.8 Å². The van der Waals surface area contributed by atoms with Crippen molar-refractivity contribution in [2.75, 3.05) is 27.3 Å². The van der Waals surface area contributed by atoms with Gasteiger partial charge in [-0.2, -0.15) is 0 Å². The van der Waals surface area contributed by atoms with Gasteiger partial charge in [-0.3, -0.25) is 9.69 Å². The summed E-state index contributed by atoms with van der Waals surface area (Å²) in [6.45, 7) is 2.46. The number of ketones is 1. The quantitative estimate of drug-likeness (QED) is 0.598. The van der Waals surface area contributed by atoms with Crippen LogP contribution in [0.1, 0.15) is 29.0 Å². The zero-order valence-electron chi connectivity index (χ0n) is 17.2. The van der Waals surface area contributed by atoms with Crippen LogP contribution in [-0.2, 0) is 13.6 Å². The predicted octanol–water partition coefficient (Wildman–Crippen LogP) is 3.69. The predicted molar refractivity (Wildman–Crippen MR) is 113 cm³/mol. The first-order chi connectivity index (χ1) is 14.1. The smallest absolute Gasteiger partial charge is 0.170 e. The molecule has 2 aromatic carbocycles. The minimum Gasteiger partial charge on any atom is -0.497 e. The third kappa shape index (κ3) is 3.85. The van der Waals surface area contributed by atoms with Gasteiger partial charge in [0.1, 0.15) is 17.3 Å². The number of ether oxygens (including phenoxy) is 2. The summed E-state index contributed by atoms with van der Waals surface area (Å²) in [5.41, 5.74) is 2.77. The van der Waals surface area contributed by atoms with Crippen molar-refractivity contribution in [1.29, 1.82) is 0 Å². The Bertz CT molecular complexity index is 1030. The zero-order chi connectivity index (χ0) is 20.4. The molecule has 0 spiro atoms. The molecule has 0 saturated carbocycles. The number of benzene rings is 2. The van der Waals surface area contributed by atoms with Crippen molar-refractivity contribution in [2.45, 2.75) is 19.4 Å². The molecule has 1 saturated heterocycles. The summed E-state index contributed by atoms with van der Waals surface area (Å²) in [6.07, 6.45) is 1.89.